The Balaban J connectivity index is 2.14. The normalized spacial score (nSPS) is 9.90. The lowest BCUT2D eigenvalue weighted by Crippen LogP contribution is -2.27. The molecule has 0 aliphatic heterocycles. The summed E-state index contributed by atoms with van der Waals surface area (Å²) in [7, 11) is 0. The highest BCUT2D eigenvalue weighted by molar-refractivity contribution is 6.32. The van der Waals surface area contributed by atoms with Crippen molar-refractivity contribution in [1.29, 1.82) is 0 Å². The van der Waals surface area contributed by atoms with Gasteiger partial charge in [0.25, 0.3) is 0 Å². The molecular weight excluding hydrogens is 282 g/mol. The molecule has 0 radical (unpaired) electrons. The number of hydrogen-bond acceptors (Lipinski definition) is 4. The van der Waals surface area contributed by atoms with Crippen molar-refractivity contribution in [2.75, 3.05) is 19.8 Å². The van der Waals surface area contributed by atoms with E-state index in [-0.39, 0.29) is 37.9 Å². The summed E-state index contributed by atoms with van der Waals surface area (Å²) in [5.41, 5.74) is 0. The minimum Gasteiger partial charge on any atom is -0.491 e. The molecule has 1 N–H and O–H groups in total. The highest BCUT2D eigenvalue weighted by atomic mass is 35.5. The van der Waals surface area contributed by atoms with E-state index in [0.29, 0.717) is 17.4 Å². The third-order valence-corrected chi connectivity index (χ3v) is 2.69. The van der Waals surface area contributed by atoms with Crippen molar-refractivity contribution in [3.63, 3.8) is 0 Å². The minimum atomic E-state index is -0.319. The maximum atomic E-state index is 11.5. The van der Waals surface area contributed by atoms with Gasteiger partial charge in [0.2, 0.25) is 5.91 Å². The van der Waals surface area contributed by atoms with Gasteiger partial charge in [0.1, 0.15) is 5.75 Å². The fraction of sp³-hybridized carbons (Fsp3) is 0.429. The zero-order valence-electron chi connectivity index (χ0n) is 11.4. The van der Waals surface area contributed by atoms with E-state index in [2.05, 4.69) is 5.32 Å². The Morgan fingerprint density at radius 3 is 2.70 bits per heavy atom. The number of carbonyl (C=O) groups is 2. The molecule has 0 saturated heterocycles. The third-order valence-electron chi connectivity index (χ3n) is 2.38. The van der Waals surface area contributed by atoms with E-state index in [0.717, 1.165) is 0 Å². The fourth-order valence-corrected chi connectivity index (χ4v) is 1.63. The topological polar surface area (TPSA) is 64.6 Å². The van der Waals surface area contributed by atoms with Crippen LogP contribution in [0.4, 0.5) is 0 Å². The molecule has 0 fully saturated rings. The monoisotopic (exact) mass is 299 g/mol. The Labute approximate surface area is 123 Å². The number of para-hydroxylation sites is 1. The van der Waals surface area contributed by atoms with Crippen molar-refractivity contribution in [1.82, 2.24) is 5.32 Å². The SMILES string of the molecule is CCOC(=O)CCNC(=O)CCOc1ccccc1Cl. The number of amides is 1. The number of nitrogens with one attached hydrogen (secondary N) is 1. The van der Waals surface area contributed by atoms with Crippen LogP contribution >= 0.6 is 11.6 Å². The van der Waals surface area contributed by atoms with E-state index in [1.54, 1.807) is 31.2 Å². The van der Waals surface area contributed by atoms with Gasteiger partial charge in [-0.3, -0.25) is 9.59 Å². The van der Waals surface area contributed by atoms with Crippen molar-refractivity contribution in [3.8, 4) is 5.75 Å². The average Bonchev–Trinajstić information content (AvgIpc) is 2.41. The van der Waals surface area contributed by atoms with Gasteiger partial charge < -0.3 is 14.8 Å². The molecule has 5 nitrogen and oxygen atoms in total. The largest absolute Gasteiger partial charge is 0.491 e. The van der Waals surface area contributed by atoms with Crippen molar-refractivity contribution in [2.24, 2.45) is 0 Å². The van der Waals surface area contributed by atoms with Crippen LogP contribution < -0.4 is 10.1 Å². The van der Waals surface area contributed by atoms with Gasteiger partial charge in [0, 0.05) is 6.54 Å². The molecule has 0 bridgehead atoms. The maximum absolute atomic E-state index is 11.5. The number of halogens is 1. The summed E-state index contributed by atoms with van der Waals surface area (Å²) in [6.07, 6.45) is 0.374. The van der Waals surface area contributed by atoms with E-state index in [4.69, 9.17) is 21.1 Å². The van der Waals surface area contributed by atoms with E-state index in [9.17, 15) is 9.59 Å². The molecule has 1 amide bonds. The van der Waals surface area contributed by atoms with Crippen molar-refractivity contribution < 1.29 is 19.1 Å². The number of esters is 1. The summed E-state index contributed by atoms with van der Waals surface area (Å²) in [4.78, 5) is 22.5. The lowest BCUT2D eigenvalue weighted by molar-refractivity contribution is -0.143. The molecule has 0 heterocycles. The molecule has 0 unspecified atom stereocenters. The molecule has 20 heavy (non-hydrogen) atoms. The zero-order chi connectivity index (χ0) is 14.8. The highest BCUT2D eigenvalue weighted by Crippen LogP contribution is 2.22. The van der Waals surface area contributed by atoms with Crippen LogP contribution in [0.1, 0.15) is 19.8 Å². The predicted octanol–water partition coefficient (Wildman–Crippen LogP) is 2.18. The predicted molar refractivity (Wildman–Crippen MR) is 75.8 cm³/mol. The lowest BCUT2D eigenvalue weighted by Gasteiger charge is -2.08. The Kier molecular flexibility index (Phi) is 7.50. The van der Waals surface area contributed by atoms with Crippen LogP contribution in [-0.2, 0) is 14.3 Å². The van der Waals surface area contributed by atoms with Crippen molar-refractivity contribution >= 4 is 23.5 Å². The molecule has 0 atom stereocenters. The van der Waals surface area contributed by atoms with Crippen LogP contribution in [0.15, 0.2) is 24.3 Å². The van der Waals surface area contributed by atoms with Crippen molar-refractivity contribution in [3.05, 3.63) is 29.3 Å². The first-order chi connectivity index (χ1) is 9.63. The molecule has 0 spiro atoms. The molecule has 0 aliphatic rings. The number of rotatable bonds is 8. The van der Waals surface area contributed by atoms with Gasteiger partial charge in [0.15, 0.2) is 0 Å². The summed E-state index contributed by atoms with van der Waals surface area (Å²) in [6, 6.07) is 7.06. The Bertz CT molecular complexity index is 451. The summed E-state index contributed by atoms with van der Waals surface area (Å²) in [5, 5.41) is 3.13. The highest BCUT2D eigenvalue weighted by Gasteiger charge is 2.06. The fourth-order valence-electron chi connectivity index (χ4n) is 1.44. The molecule has 1 aromatic carbocycles. The van der Waals surface area contributed by atoms with Crippen molar-refractivity contribution in [2.45, 2.75) is 19.8 Å². The van der Waals surface area contributed by atoms with Gasteiger partial charge in [-0.25, -0.2) is 0 Å². The summed E-state index contributed by atoms with van der Waals surface area (Å²) >= 11 is 5.91. The minimum absolute atomic E-state index is 0.172. The maximum Gasteiger partial charge on any atom is 0.307 e. The molecule has 110 valence electrons. The number of carbonyl (C=O) groups excluding carboxylic acids is 2. The first-order valence-electron chi connectivity index (χ1n) is 6.43. The van der Waals surface area contributed by atoms with Crippen LogP contribution in [0.25, 0.3) is 0 Å². The second kappa shape index (κ2) is 9.20. The summed E-state index contributed by atoms with van der Waals surface area (Å²) < 4.78 is 10.1. The first kappa shape index (κ1) is 16.3. The second-order valence-corrected chi connectivity index (χ2v) is 4.34. The molecule has 6 heteroatoms. The summed E-state index contributed by atoms with van der Waals surface area (Å²) in [5.74, 6) is 0.0509. The Hall–Kier alpha value is -1.75. The van der Waals surface area contributed by atoms with E-state index in [1.807, 2.05) is 0 Å². The van der Waals surface area contributed by atoms with Gasteiger partial charge >= 0.3 is 5.97 Å². The second-order valence-electron chi connectivity index (χ2n) is 3.93. The van der Waals surface area contributed by atoms with Gasteiger partial charge in [-0.1, -0.05) is 23.7 Å². The number of hydrogen-bond donors (Lipinski definition) is 1. The molecule has 0 aliphatic carbocycles. The smallest absolute Gasteiger partial charge is 0.307 e. The Morgan fingerprint density at radius 2 is 2.00 bits per heavy atom. The van der Waals surface area contributed by atoms with Crippen LogP contribution in [0.3, 0.4) is 0 Å². The van der Waals surface area contributed by atoms with Gasteiger partial charge in [-0.05, 0) is 19.1 Å². The van der Waals surface area contributed by atoms with Gasteiger partial charge in [-0.15, -0.1) is 0 Å². The average molecular weight is 300 g/mol. The first-order valence-corrected chi connectivity index (χ1v) is 6.81. The third kappa shape index (κ3) is 6.43. The van der Waals surface area contributed by atoms with Crippen LogP contribution in [0, 0.1) is 0 Å². The van der Waals surface area contributed by atoms with Crippen LogP contribution in [0.5, 0.6) is 5.75 Å². The summed E-state index contributed by atoms with van der Waals surface area (Å²) in [6.45, 7) is 2.58. The van der Waals surface area contributed by atoms with E-state index >= 15 is 0 Å². The molecule has 1 aromatic rings. The zero-order valence-corrected chi connectivity index (χ0v) is 12.1. The number of benzene rings is 1. The van der Waals surface area contributed by atoms with Gasteiger partial charge in [-0.2, -0.15) is 0 Å². The lowest BCUT2D eigenvalue weighted by atomic mass is 10.3. The van der Waals surface area contributed by atoms with Crippen LogP contribution in [-0.4, -0.2) is 31.6 Å². The standard InChI is InChI=1S/C14H18ClNO4/c1-2-19-14(18)7-9-16-13(17)8-10-20-12-6-4-3-5-11(12)15/h3-6H,2,7-10H2,1H3,(H,16,17). The van der Waals surface area contributed by atoms with E-state index < -0.39 is 0 Å². The molecule has 0 aromatic heterocycles. The van der Waals surface area contributed by atoms with Crippen LogP contribution in [0.2, 0.25) is 5.02 Å². The molecule has 1 rings (SSSR count). The molecular formula is C14H18ClNO4. The molecule has 0 saturated carbocycles. The quantitative estimate of drug-likeness (QED) is 0.747. The number of ether oxygens (including phenoxy) is 2. The van der Waals surface area contributed by atoms with E-state index in [1.165, 1.54) is 0 Å². The Morgan fingerprint density at radius 1 is 1.25 bits per heavy atom. The van der Waals surface area contributed by atoms with Gasteiger partial charge in [0.05, 0.1) is 31.1 Å².